The normalized spacial score (nSPS) is 17.2. The van der Waals surface area contributed by atoms with E-state index >= 15 is 0 Å². The fourth-order valence-corrected chi connectivity index (χ4v) is 2.51. The topological polar surface area (TPSA) is 83.9 Å². The molecule has 1 aliphatic rings. The lowest BCUT2D eigenvalue weighted by molar-refractivity contribution is -0.137. The number of amides is 1. The van der Waals surface area contributed by atoms with Crippen molar-refractivity contribution in [2.24, 2.45) is 0 Å². The maximum Gasteiger partial charge on any atom is 0.305 e. The maximum absolute atomic E-state index is 12.5. The van der Waals surface area contributed by atoms with Crippen LogP contribution in [0.1, 0.15) is 37.6 Å². The van der Waals surface area contributed by atoms with E-state index in [0.717, 1.165) is 0 Å². The van der Waals surface area contributed by atoms with Gasteiger partial charge in [-0.25, -0.2) is 0 Å². The number of Topliss-reactive ketones (excluding diaryl/α,β-unsaturated/α-hetero) is 1. The van der Waals surface area contributed by atoms with E-state index in [9.17, 15) is 14.4 Å². The summed E-state index contributed by atoms with van der Waals surface area (Å²) in [5, 5.41) is 8.19. The molecule has 0 radical (unpaired) electrons. The monoisotopic (exact) mass is 339 g/mol. The summed E-state index contributed by atoms with van der Waals surface area (Å²) < 4.78 is 5.68. The number of halogens is 1. The van der Waals surface area contributed by atoms with Crippen molar-refractivity contribution in [3.05, 3.63) is 23.8 Å². The van der Waals surface area contributed by atoms with Crippen molar-refractivity contribution in [1.29, 1.82) is 0 Å². The smallest absolute Gasteiger partial charge is 0.305 e. The quantitative estimate of drug-likeness (QED) is 0.658. The number of benzene rings is 1. The first-order valence-electron chi connectivity index (χ1n) is 7.18. The van der Waals surface area contributed by atoms with Crippen molar-refractivity contribution >= 4 is 34.9 Å². The molecule has 1 unspecified atom stereocenters. The molecule has 0 aromatic heterocycles. The molecule has 1 heterocycles. The minimum absolute atomic E-state index is 0.00201. The Morgan fingerprint density at radius 3 is 2.61 bits per heavy atom. The van der Waals surface area contributed by atoms with Crippen LogP contribution in [0.25, 0.3) is 0 Å². The van der Waals surface area contributed by atoms with Gasteiger partial charge in [-0.3, -0.25) is 14.4 Å². The highest BCUT2D eigenvalue weighted by molar-refractivity contribution is 6.33. The number of carbonyl (C=O) groups excluding carboxylic acids is 2. The number of hydrogen-bond acceptors (Lipinski definition) is 4. The molecule has 1 N–H and O–H groups in total. The molecular formula is C16H18ClNO5. The Hall–Kier alpha value is -2.08. The second-order valence-electron chi connectivity index (χ2n) is 5.88. The number of carboxylic acid groups (broad SMARTS) is 1. The first-order valence-corrected chi connectivity index (χ1v) is 7.62. The zero-order valence-corrected chi connectivity index (χ0v) is 13.9. The average Bonchev–Trinajstić information content (AvgIpc) is 2.46. The van der Waals surface area contributed by atoms with Gasteiger partial charge >= 0.3 is 5.97 Å². The van der Waals surface area contributed by atoms with Crippen LogP contribution in [0.4, 0.5) is 5.69 Å². The third-order valence-electron chi connectivity index (χ3n) is 3.57. The summed E-state index contributed by atoms with van der Waals surface area (Å²) in [6.45, 7) is 4.80. The summed E-state index contributed by atoms with van der Waals surface area (Å²) in [7, 11) is 0. The van der Waals surface area contributed by atoms with Crippen LogP contribution >= 0.6 is 11.6 Å². The predicted octanol–water partition coefficient (Wildman–Crippen LogP) is 2.48. The molecule has 1 aromatic carbocycles. The number of ether oxygens (including phenoxy) is 1. The molecular weight excluding hydrogens is 322 g/mol. The molecule has 1 atom stereocenters. The molecule has 0 bridgehead atoms. The van der Waals surface area contributed by atoms with Crippen molar-refractivity contribution in [3.63, 3.8) is 0 Å². The van der Waals surface area contributed by atoms with Gasteiger partial charge in [0.05, 0.1) is 17.5 Å². The van der Waals surface area contributed by atoms with Gasteiger partial charge in [0, 0.05) is 12.1 Å². The minimum atomic E-state index is -1.10. The Kier molecular flexibility index (Phi) is 4.66. The summed E-state index contributed by atoms with van der Waals surface area (Å²) in [5.41, 5.74) is -0.363. The van der Waals surface area contributed by atoms with Crippen molar-refractivity contribution < 1.29 is 24.2 Å². The number of ketones is 1. The Morgan fingerprint density at radius 2 is 2.04 bits per heavy atom. The third-order valence-corrected chi connectivity index (χ3v) is 3.77. The largest absolute Gasteiger partial charge is 0.481 e. The zero-order valence-electron chi connectivity index (χ0n) is 13.1. The number of nitrogens with zero attached hydrogens (tertiary/aromatic N) is 1. The van der Waals surface area contributed by atoms with Gasteiger partial charge in [0.25, 0.3) is 5.91 Å². The first-order chi connectivity index (χ1) is 10.6. The molecule has 0 spiro atoms. The Balaban J connectivity index is 2.46. The van der Waals surface area contributed by atoms with Crippen LogP contribution in [0.5, 0.6) is 5.75 Å². The number of hydrogen-bond donors (Lipinski definition) is 1. The number of anilines is 1. The maximum atomic E-state index is 12.5. The summed E-state index contributed by atoms with van der Waals surface area (Å²) in [6, 6.07) is 4.70. The molecule has 0 aliphatic carbocycles. The van der Waals surface area contributed by atoms with E-state index in [1.54, 1.807) is 32.9 Å². The molecule has 1 aliphatic heterocycles. The van der Waals surface area contributed by atoms with Gasteiger partial charge in [0.1, 0.15) is 5.75 Å². The van der Waals surface area contributed by atoms with Gasteiger partial charge in [-0.2, -0.15) is 0 Å². The highest BCUT2D eigenvalue weighted by atomic mass is 35.5. The Morgan fingerprint density at radius 1 is 1.39 bits per heavy atom. The number of carboxylic acids is 1. The van der Waals surface area contributed by atoms with Crippen molar-refractivity contribution in [2.75, 3.05) is 11.4 Å². The molecule has 0 saturated carbocycles. The van der Waals surface area contributed by atoms with Gasteiger partial charge in [0.15, 0.2) is 11.4 Å². The van der Waals surface area contributed by atoms with Crippen molar-refractivity contribution in [3.8, 4) is 5.75 Å². The zero-order chi connectivity index (χ0) is 17.4. The number of rotatable bonds is 5. The van der Waals surface area contributed by atoms with E-state index in [1.165, 1.54) is 11.0 Å². The van der Waals surface area contributed by atoms with E-state index in [-0.39, 0.29) is 24.7 Å². The molecule has 0 saturated heterocycles. The fourth-order valence-electron chi connectivity index (χ4n) is 2.38. The summed E-state index contributed by atoms with van der Waals surface area (Å²) >= 11 is 5.82. The van der Waals surface area contributed by atoms with E-state index in [4.69, 9.17) is 21.4 Å². The van der Waals surface area contributed by atoms with Crippen LogP contribution in [-0.4, -0.2) is 40.3 Å². The van der Waals surface area contributed by atoms with Crippen molar-refractivity contribution in [1.82, 2.24) is 0 Å². The van der Waals surface area contributed by atoms with Crippen LogP contribution in [-0.2, 0) is 9.59 Å². The minimum Gasteiger partial charge on any atom is -0.481 e. The van der Waals surface area contributed by atoms with E-state index in [1.807, 2.05) is 0 Å². The summed E-state index contributed by atoms with van der Waals surface area (Å²) in [4.78, 5) is 36.8. The van der Waals surface area contributed by atoms with Gasteiger partial charge < -0.3 is 14.7 Å². The van der Waals surface area contributed by atoms with E-state index < -0.39 is 16.9 Å². The van der Waals surface area contributed by atoms with Crippen LogP contribution in [0.2, 0.25) is 0 Å². The third kappa shape index (κ3) is 3.47. The number of fused-ring (bicyclic) bond motifs is 1. The Bertz CT molecular complexity index is 668. The lowest BCUT2D eigenvalue weighted by Crippen LogP contribution is -2.53. The molecule has 2 rings (SSSR count). The van der Waals surface area contributed by atoms with Crippen molar-refractivity contribution in [2.45, 2.75) is 38.2 Å². The highest BCUT2D eigenvalue weighted by Crippen LogP contribution is 2.38. The van der Waals surface area contributed by atoms with E-state index in [0.29, 0.717) is 17.0 Å². The van der Waals surface area contributed by atoms with E-state index in [2.05, 4.69) is 0 Å². The average molecular weight is 340 g/mol. The molecule has 1 aromatic rings. The summed E-state index contributed by atoms with van der Waals surface area (Å²) in [5.74, 6) is -1.20. The second-order valence-corrected chi connectivity index (χ2v) is 6.53. The van der Waals surface area contributed by atoms with Gasteiger partial charge in [0.2, 0.25) is 0 Å². The van der Waals surface area contributed by atoms with Gasteiger partial charge in [-0.15, -0.1) is 11.6 Å². The molecule has 124 valence electrons. The molecule has 23 heavy (non-hydrogen) atoms. The lowest BCUT2D eigenvalue weighted by atomic mass is 10.0. The highest BCUT2D eigenvalue weighted by Gasteiger charge is 2.41. The van der Waals surface area contributed by atoms with Crippen LogP contribution in [0.3, 0.4) is 0 Å². The molecule has 7 heteroatoms. The fraction of sp³-hybridized carbons (Fsp3) is 0.438. The molecule has 0 fully saturated rings. The SMILES string of the molecule is CC(Cl)C(=O)c1ccc2c(c1)N(CCC(=O)O)C(=O)C(C)(C)O2. The Labute approximate surface area is 139 Å². The standard InChI is InChI=1S/C16H18ClNO5/c1-9(17)14(21)10-4-5-12-11(8-10)18(7-6-13(19)20)15(22)16(2,3)23-12/h4-5,8-9H,6-7H2,1-3H3,(H,19,20). The van der Waals surface area contributed by atoms with Crippen LogP contribution in [0.15, 0.2) is 18.2 Å². The van der Waals surface area contributed by atoms with Gasteiger partial charge in [-0.05, 0) is 39.0 Å². The second kappa shape index (κ2) is 6.20. The van der Waals surface area contributed by atoms with Crippen LogP contribution in [0, 0.1) is 0 Å². The lowest BCUT2D eigenvalue weighted by Gasteiger charge is -2.38. The van der Waals surface area contributed by atoms with Crippen LogP contribution < -0.4 is 9.64 Å². The summed E-state index contributed by atoms with van der Waals surface area (Å²) in [6.07, 6.45) is -0.203. The predicted molar refractivity (Wildman–Crippen MR) is 85.4 cm³/mol. The first kappa shape index (κ1) is 17.3. The number of alkyl halides is 1. The van der Waals surface area contributed by atoms with Gasteiger partial charge in [-0.1, -0.05) is 0 Å². The molecule has 6 nitrogen and oxygen atoms in total. The molecule has 1 amide bonds. The number of carbonyl (C=O) groups is 3. The number of aliphatic carboxylic acids is 1.